The zero-order valence-corrected chi connectivity index (χ0v) is 23.8. The highest BCUT2D eigenvalue weighted by atomic mass is 31.2. The van der Waals surface area contributed by atoms with Crippen LogP contribution < -0.4 is 11.0 Å². The second-order valence-corrected chi connectivity index (χ2v) is 11.6. The Morgan fingerprint density at radius 1 is 1.36 bits per heavy atom. The third-order valence-electron chi connectivity index (χ3n) is 6.52. The number of anilines is 1. The normalized spacial score (nSPS) is 25.2. The highest BCUT2D eigenvalue weighted by Crippen LogP contribution is 2.54. The van der Waals surface area contributed by atoms with E-state index in [4.69, 9.17) is 25.2 Å². The molecule has 2 aliphatic rings. The smallest absolute Gasteiger partial charge is 0.351 e. The average Bonchev–Trinajstić information content (AvgIpc) is 3.42. The SMILES string of the molecule is [2H]C[C@]12CO[C@@H](C1OP(OCCC#N)N(C(C)C)C(C)C)[C@H](n1cc(C)c(NC(=O)c3ccccc3)nc1=O)O2. The van der Waals surface area contributed by atoms with E-state index in [1.807, 2.05) is 33.8 Å². The molecule has 2 aliphatic heterocycles. The molecule has 0 saturated carbocycles. The summed E-state index contributed by atoms with van der Waals surface area (Å²) in [5.74, 6) is -0.222. The van der Waals surface area contributed by atoms with Crippen LogP contribution in [0.2, 0.25) is 0 Å². The molecule has 210 valence electrons. The number of carbonyl (C=O) groups excluding carboxylic acids is 1. The van der Waals surface area contributed by atoms with E-state index in [0.717, 1.165) is 0 Å². The van der Waals surface area contributed by atoms with Crippen LogP contribution in [0.5, 0.6) is 0 Å². The lowest BCUT2D eigenvalue weighted by atomic mass is 10.0. The number of nitrogens with one attached hydrogen (secondary N) is 1. The predicted octanol–water partition coefficient (Wildman–Crippen LogP) is 4.15. The maximum atomic E-state index is 13.2. The van der Waals surface area contributed by atoms with Gasteiger partial charge in [-0.05, 0) is 53.7 Å². The molecular formula is C27H36N5O6P. The van der Waals surface area contributed by atoms with Crippen LogP contribution in [-0.2, 0) is 18.5 Å². The maximum Gasteiger partial charge on any atom is 0.351 e. The van der Waals surface area contributed by atoms with Gasteiger partial charge in [0.1, 0.15) is 23.6 Å². The lowest BCUT2D eigenvalue weighted by Crippen LogP contribution is -2.40. The molecule has 3 heterocycles. The number of carbonyl (C=O) groups is 1. The van der Waals surface area contributed by atoms with Crippen LogP contribution >= 0.6 is 8.53 Å². The third kappa shape index (κ3) is 6.22. The van der Waals surface area contributed by atoms with Crippen molar-refractivity contribution in [2.24, 2.45) is 0 Å². The molecule has 1 aromatic heterocycles. The van der Waals surface area contributed by atoms with Gasteiger partial charge < -0.3 is 23.8 Å². The molecule has 2 bridgehead atoms. The highest BCUT2D eigenvalue weighted by molar-refractivity contribution is 7.44. The van der Waals surface area contributed by atoms with Gasteiger partial charge in [-0.2, -0.15) is 10.2 Å². The van der Waals surface area contributed by atoms with E-state index in [1.165, 1.54) is 4.57 Å². The molecule has 2 fully saturated rings. The minimum absolute atomic E-state index is 0.0879. The second kappa shape index (κ2) is 12.2. The van der Waals surface area contributed by atoms with Gasteiger partial charge in [-0.25, -0.2) is 9.46 Å². The number of nitriles is 1. The fourth-order valence-corrected chi connectivity index (χ4v) is 6.56. The molecule has 5 atom stereocenters. The summed E-state index contributed by atoms with van der Waals surface area (Å²) < 4.78 is 36.8. The van der Waals surface area contributed by atoms with Crippen molar-refractivity contribution in [2.45, 2.75) is 84.1 Å². The Hall–Kier alpha value is -2.71. The van der Waals surface area contributed by atoms with Crippen molar-refractivity contribution in [3.05, 3.63) is 58.1 Å². The van der Waals surface area contributed by atoms with E-state index in [9.17, 15) is 9.59 Å². The first-order chi connectivity index (χ1) is 19.1. The average molecular weight is 559 g/mol. The Bertz CT molecular complexity index is 1280. The lowest BCUT2D eigenvalue weighted by molar-refractivity contribution is -0.167. The Balaban J connectivity index is 1.59. The third-order valence-corrected chi connectivity index (χ3v) is 8.63. The van der Waals surface area contributed by atoms with Crippen molar-refractivity contribution in [1.29, 1.82) is 5.26 Å². The Morgan fingerprint density at radius 2 is 2.08 bits per heavy atom. The van der Waals surface area contributed by atoms with Gasteiger partial charge >= 0.3 is 5.69 Å². The Labute approximate surface area is 231 Å². The number of aromatic nitrogens is 2. The summed E-state index contributed by atoms with van der Waals surface area (Å²) in [5, 5.41) is 11.7. The lowest BCUT2D eigenvalue weighted by Gasteiger charge is -2.38. The van der Waals surface area contributed by atoms with Crippen LogP contribution in [0.15, 0.2) is 41.3 Å². The summed E-state index contributed by atoms with van der Waals surface area (Å²) >= 11 is 0. The van der Waals surface area contributed by atoms with E-state index in [-0.39, 0.29) is 50.3 Å². The molecule has 11 nitrogen and oxygen atoms in total. The van der Waals surface area contributed by atoms with Gasteiger partial charge in [-0.15, -0.1) is 0 Å². The van der Waals surface area contributed by atoms with Crippen LogP contribution in [0.1, 0.15) is 64.5 Å². The van der Waals surface area contributed by atoms with Crippen molar-refractivity contribution in [3.63, 3.8) is 0 Å². The number of hydrogen-bond donors (Lipinski definition) is 1. The summed E-state index contributed by atoms with van der Waals surface area (Å²) in [7, 11) is -1.63. The van der Waals surface area contributed by atoms with Crippen molar-refractivity contribution >= 4 is 20.3 Å². The van der Waals surface area contributed by atoms with Crippen molar-refractivity contribution in [2.75, 3.05) is 18.5 Å². The van der Waals surface area contributed by atoms with Crippen LogP contribution in [0.4, 0.5) is 5.82 Å². The van der Waals surface area contributed by atoms with Gasteiger partial charge in [0.25, 0.3) is 14.4 Å². The van der Waals surface area contributed by atoms with Crippen molar-refractivity contribution < 1.29 is 24.7 Å². The Morgan fingerprint density at radius 3 is 2.72 bits per heavy atom. The summed E-state index contributed by atoms with van der Waals surface area (Å²) in [6.07, 6.45) is -0.482. The molecule has 12 heteroatoms. The number of ether oxygens (including phenoxy) is 2. The minimum Gasteiger partial charge on any atom is -0.368 e. The Kier molecular flexibility index (Phi) is 8.72. The van der Waals surface area contributed by atoms with E-state index in [2.05, 4.69) is 21.0 Å². The quantitative estimate of drug-likeness (QED) is 0.319. The number of amides is 1. The molecule has 0 spiro atoms. The summed E-state index contributed by atoms with van der Waals surface area (Å²) in [4.78, 5) is 29.9. The monoisotopic (exact) mass is 558 g/mol. The van der Waals surface area contributed by atoms with E-state index < -0.39 is 38.3 Å². The fourth-order valence-electron chi connectivity index (χ4n) is 4.75. The second-order valence-electron chi connectivity index (χ2n) is 10.2. The number of rotatable bonds is 11. The van der Waals surface area contributed by atoms with E-state index >= 15 is 0 Å². The molecule has 0 aliphatic carbocycles. The zero-order valence-electron chi connectivity index (χ0n) is 23.9. The largest absolute Gasteiger partial charge is 0.368 e. The molecule has 2 unspecified atom stereocenters. The fraction of sp³-hybridized carbons (Fsp3) is 0.556. The van der Waals surface area contributed by atoms with Gasteiger partial charge in [0.15, 0.2) is 6.23 Å². The van der Waals surface area contributed by atoms with Gasteiger partial charge in [0, 0.05) is 30.8 Å². The summed E-state index contributed by atoms with van der Waals surface area (Å²) in [5.41, 5.74) is -0.741. The molecular weight excluding hydrogens is 521 g/mol. The molecule has 4 rings (SSSR count). The zero-order chi connectivity index (χ0) is 29.0. The van der Waals surface area contributed by atoms with E-state index in [0.29, 0.717) is 11.1 Å². The molecule has 2 saturated heterocycles. The highest BCUT2D eigenvalue weighted by Gasteiger charge is 2.62. The van der Waals surface area contributed by atoms with Crippen molar-refractivity contribution in [1.82, 2.24) is 14.2 Å². The number of nitrogens with zero attached hydrogens (tertiary/aromatic N) is 4. The van der Waals surface area contributed by atoms with Crippen LogP contribution in [0, 0.1) is 18.3 Å². The molecule has 39 heavy (non-hydrogen) atoms. The number of benzene rings is 1. The predicted molar refractivity (Wildman–Crippen MR) is 146 cm³/mol. The van der Waals surface area contributed by atoms with E-state index in [1.54, 1.807) is 37.4 Å². The number of aryl methyl sites for hydroxylation is 1. The standard InChI is InChI=1S/C27H36N5O6P/c1-17(2)32(18(3)4)39(36-14-10-13-28)38-22-21-25(37-27(22,6)16-35-21)31-15-19(5)23(30-26(31)34)29-24(33)20-11-8-7-9-12-20/h7-9,11-12,15,17-18,21-22,25H,10,14,16H2,1-6H3,(H,29,30,33,34)/t21-,22?,25+,27-,39?/m0/s1/i6D. The molecule has 1 N–H and O–H groups in total. The first-order valence-corrected chi connectivity index (χ1v) is 14.0. The minimum atomic E-state index is -1.63. The first-order valence-electron chi connectivity index (χ1n) is 13.6. The van der Waals surface area contributed by atoms with Gasteiger partial charge in [0.2, 0.25) is 0 Å². The molecule has 0 radical (unpaired) electrons. The first kappa shape index (κ1) is 27.8. The van der Waals surface area contributed by atoms with Crippen LogP contribution in [-0.4, -0.2) is 63.2 Å². The van der Waals surface area contributed by atoms with Gasteiger partial charge in [-0.1, -0.05) is 18.2 Å². The van der Waals surface area contributed by atoms with Crippen LogP contribution in [0.25, 0.3) is 0 Å². The number of fused-ring (bicyclic) bond motifs is 2. The summed E-state index contributed by atoms with van der Waals surface area (Å²) in [6, 6.07) is 10.9. The topological polar surface area (TPSA) is 128 Å². The molecule has 1 aromatic carbocycles. The number of hydrogen-bond acceptors (Lipinski definition) is 9. The van der Waals surface area contributed by atoms with Crippen LogP contribution in [0.3, 0.4) is 0 Å². The maximum absolute atomic E-state index is 13.2. The summed E-state index contributed by atoms with van der Waals surface area (Å²) in [6.45, 7) is 10.1. The molecule has 2 aromatic rings. The van der Waals surface area contributed by atoms with Gasteiger partial charge in [0.05, 0.1) is 25.7 Å². The van der Waals surface area contributed by atoms with Crippen molar-refractivity contribution in [3.8, 4) is 6.07 Å². The van der Waals surface area contributed by atoms with Gasteiger partial charge in [-0.3, -0.25) is 9.36 Å². The molecule has 1 amide bonds.